The molecule has 2 N–H and O–H groups in total. The monoisotopic (exact) mass is 291 g/mol. The lowest BCUT2D eigenvalue weighted by atomic mass is 9.85. The topological polar surface area (TPSA) is 46.1 Å². The molecule has 1 amide bonds. The van der Waals surface area contributed by atoms with Crippen LogP contribution in [0.15, 0.2) is 18.2 Å². The molecule has 0 spiro atoms. The summed E-state index contributed by atoms with van der Waals surface area (Å²) >= 11 is 0. The third-order valence-electron chi connectivity index (χ3n) is 3.92. The van der Waals surface area contributed by atoms with Gasteiger partial charge in [-0.3, -0.25) is 4.79 Å². The van der Waals surface area contributed by atoms with Gasteiger partial charge in [-0.05, 0) is 23.5 Å². The number of hydrogen-bond acceptors (Lipinski definition) is 2. The van der Waals surface area contributed by atoms with Gasteiger partial charge in [-0.15, -0.1) is 0 Å². The quantitative estimate of drug-likeness (QED) is 0.906. The van der Waals surface area contributed by atoms with Crippen molar-refractivity contribution in [3.05, 3.63) is 29.3 Å². The highest BCUT2D eigenvalue weighted by atomic mass is 16.5. The van der Waals surface area contributed by atoms with E-state index in [4.69, 9.17) is 4.74 Å². The highest BCUT2D eigenvalue weighted by molar-refractivity contribution is 5.78. The molecule has 1 aliphatic rings. The Balaban J connectivity index is 2.07. The smallest absolute Gasteiger partial charge is 0.260 e. The van der Waals surface area contributed by atoms with Crippen molar-refractivity contribution in [1.29, 1.82) is 0 Å². The number of carbonyl (C=O) groups is 1. The zero-order valence-corrected chi connectivity index (χ0v) is 13.6. The number of para-hydroxylation sites is 1. The van der Waals surface area contributed by atoms with E-state index in [1.807, 2.05) is 24.0 Å². The number of nitrogens with zero attached hydrogens (tertiary/aromatic N) is 1. The van der Waals surface area contributed by atoms with Gasteiger partial charge < -0.3 is 15.0 Å². The lowest BCUT2D eigenvalue weighted by molar-refractivity contribution is -0.662. The summed E-state index contributed by atoms with van der Waals surface area (Å²) in [5.41, 5.74) is 2.24. The maximum atomic E-state index is 12.2. The highest BCUT2D eigenvalue weighted by Gasteiger charge is 2.22. The van der Waals surface area contributed by atoms with E-state index in [1.165, 1.54) is 0 Å². The number of carbonyl (C=O) groups excluding carboxylic acids is 1. The van der Waals surface area contributed by atoms with Gasteiger partial charge in [-0.2, -0.15) is 0 Å². The number of piperazine rings is 1. The van der Waals surface area contributed by atoms with Crippen LogP contribution < -0.4 is 10.1 Å². The van der Waals surface area contributed by atoms with Crippen LogP contribution in [0.1, 0.15) is 31.9 Å². The second-order valence-electron chi connectivity index (χ2n) is 6.74. The molecule has 0 saturated carbocycles. The third-order valence-corrected chi connectivity index (χ3v) is 3.92. The first-order valence-corrected chi connectivity index (χ1v) is 7.72. The zero-order chi connectivity index (χ0) is 15.5. The summed E-state index contributed by atoms with van der Waals surface area (Å²) < 4.78 is 5.91. The molecule has 1 aromatic rings. The molecule has 1 fully saturated rings. The molecule has 0 radical (unpaired) electrons. The van der Waals surface area contributed by atoms with E-state index in [2.05, 4.69) is 32.2 Å². The molecule has 1 saturated heterocycles. The van der Waals surface area contributed by atoms with Gasteiger partial charge in [-0.25, -0.2) is 0 Å². The molecule has 0 aromatic heterocycles. The largest absolute Gasteiger partial charge is 0.483 e. The molecule has 116 valence electrons. The van der Waals surface area contributed by atoms with Crippen molar-refractivity contribution >= 4 is 5.91 Å². The predicted molar refractivity (Wildman–Crippen MR) is 83.6 cm³/mol. The molecule has 4 nitrogen and oxygen atoms in total. The normalized spacial score (nSPS) is 15.9. The van der Waals surface area contributed by atoms with Gasteiger partial charge in [0.15, 0.2) is 6.61 Å². The van der Waals surface area contributed by atoms with E-state index in [0.717, 1.165) is 43.1 Å². The second kappa shape index (κ2) is 6.48. The SMILES string of the molecule is Cc1cccc(C(C)(C)C)c1OCC(=O)N1CC[NH2+]CC1. The third kappa shape index (κ3) is 3.97. The van der Waals surface area contributed by atoms with E-state index in [1.54, 1.807) is 0 Å². The Labute approximate surface area is 127 Å². The van der Waals surface area contributed by atoms with Crippen molar-refractivity contribution < 1.29 is 14.8 Å². The molecule has 1 aromatic carbocycles. The predicted octanol–water partition coefficient (Wildman–Crippen LogP) is 1.08. The fourth-order valence-electron chi connectivity index (χ4n) is 2.66. The van der Waals surface area contributed by atoms with Crippen LogP contribution in [0.25, 0.3) is 0 Å². The van der Waals surface area contributed by atoms with E-state index >= 15 is 0 Å². The summed E-state index contributed by atoms with van der Waals surface area (Å²) in [5.74, 6) is 0.952. The molecule has 0 atom stereocenters. The lowest BCUT2D eigenvalue weighted by Crippen LogP contribution is -2.90. The lowest BCUT2D eigenvalue weighted by Gasteiger charge is -2.27. The van der Waals surface area contributed by atoms with Crippen LogP contribution in [0, 0.1) is 6.92 Å². The summed E-state index contributed by atoms with van der Waals surface area (Å²) in [6, 6.07) is 6.17. The van der Waals surface area contributed by atoms with Crippen molar-refractivity contribution in [1.82, 2.24) is 4.90 Å². The first-order chi connectivity index (χ1) is 9.89. The van der Waals surface area contributed by atoms with Crippen molar-refractivity contribution in [2.45, 2.75) is 33.1 Å². The average molecular weight is 291 g/mol. The first kappa shape index (κ1) is 15.8. The minimum atomic E-state index is 0.00445. The molecular weight excluding hydrogens is 264 g/mol. The fourth-order valence-corrected chi connectivity index (χ4v) is 2.66. The van der Waals surface area contributed by atoms with Gasteiger partial charge in [0.05, 0.1) is 26.2 Å². The molecule has 0 aliphatic carbocycles. The summed E-state index contributed by atoms with van der Waals surface area (Å²) in [7, 11) is 0. The fraction of sp³-hybridized carbons (Fsp3) is 0.588. The Hall–Kier alpha value is -1.55. The minimum Gasteiger partial charge on any atom is -0.483 e. The molecule has 1 aliphatic heterocycles. The number of aryl methyl sites for hydroxylation is 1. The molecule has 0 bridgehead atoms. The molecular formula is C17H27N2O2+. The van der Waals surface area contributed by atoms with E-state index in [-0.39, 0.29) is 17.9 Å². The maximum Gasteiger partial charge on any atom is 0.260 e. The highest BCUT2D eigenvalue weighted by Crippen LogP contribution is 2.33. The van der Waals surface area contributed by atoms with Crippen molar-refractivity contribution in [3.8, 4) is 5.75 Å². The summed E-state index contributed by atoms with van der Waals surface area (Å²) in [5, 5.41) is 2.24. The Morgan fingerprint density at radius 2 is 1.95 bits per heavy atom. The number of rotatable bonds is 3. The Bertz CT molecular complexity index is 500. The molecule has 4 heteroatoms. The molecule has 21 heavy (non-hydrogen) atoms. The Kier molecular flexibility index (Phi) is 4.88. The number of nitrogens with two attached hydrogens (primary N) is 1. The van der Waals surface area contributed by atoms with Crippen LogP contribution in [0.4, 0.5) is 0 Å². The standard InChI is InChI=1S/C17H26N2O2/c1-13-6-5-7-14(17(2,3)4)16(13)21-12-15(20)19-10-8-18-9-11-19/h5-7,18H,8-12H2,1-4H3/p+1. The van der Waals surface area contributed by atoms with Crippen molar-refractivity contribution in [2.24, 2.45) is 0 Å². The summed E-state index contributed by atoms with van der Waals surface area (Å²) in [4.78, 5) is 14.1. The van der Waals surface area contributed by atoms with Crippen LogP contribution in [-0.4, -0.2) is 43.6 Å². The summed E-state index contributed by atoms with van der Waals surface area (Å²) in [6.45, 7) is 12.3. The van der Waals surface area contributed by atoms with Gasteiger partial charge in [0.25, 0.3) is 5.91 Å². The van der Waals surface area contributed by atoms with E-state index in [9.17, 15) is 4.79 Å². The Morgan fingerprint density at radius 1 is 1.29 bits per heavy atom. The van der Waals surface area contributed by atoms with Gasteiger partial charge in [0, 0.05) is 0 Å². The van der Waals surface area contributed by atoms with Crippen LogP contribution in [0.5, 0.6) is 5.75 Å². The number of amides is 1. The average Bonchev–Trinajstić information content (AvgIpc) is 2.45. The van der Waals surface area contributed by atoms with Crippen LogP contribution in [-0.2, 0) is 10.2 Å². The molecule has 0 unspecified atom stereocenters. The molecule has 2 rings (SSSR count). The maximum absolute atomic E-state index is 12.2. The summed E-state index contributed by atoms with van der Waals surface area (Å²) in [6.07, 6.45) is 0. The van der Waals surface area contributed by atoms with Crippen LogP contribution >= 0.6 is 0 Å². The van der Waals surface area contributed by atoms with E-state index < -0.39 is 0 Å². The number of hydrogen-bond donors (Lipinski definition) is 1. The molecule has 1 heterocycles. The van der Waals surface area contributed by atoms with Gasteiger partial charge in [0.1, 0.15) is 5.75 Å². The van der Waals surface area contributed by atoms with Crippen LogP contribution in [0.3, 0.4) is 0 Å². The Morgan fingerprint density at radius 3 is 2.57 bits per heavy atom. The van der Waals surface area contributed by atoms with Crippen LogP contribution in [0.2, 0.25) is 0 Å². The van der Waals surface area contributed by atoms with Crippen molar-refractivity contribution in [2.75, 3.05) is 32.8 Å². The van der Waals surface area contributed by atoms with Crippen molar-refractivity contribution in [3.63, 3.8) is 0 Å². The first-order valence-electron chi connectivity index (χ1n) is 7.72. The van der Waals surface area contributed by atoms with E-state index in [0.29, 0.717) is 0 Å². The zero-order valence-electron chi connectivity index (χ0n) is 13.6. The number of quaternary nitrogens is 1. The number of benzene rings is 1. The number of ether oxygens (including phenoxy) is 1. The van der Waals surface area contributed by atoms with Gasteiger partial charge in [0.2, 0.25) is 0 Å². The van der Waals surface area contributed by atoms with Gasteiger partial charge in [-0.1, -0.05) is 39.0 Å². The van der Waals surface area contributed by atoms with Gasteiger partial charge >= 0.3 is 0 Å². The minimum absolute atomic E-state index is 0.00445. The second-order valence-corrected chi connectivity index (χ2v) is 6.74.